The number of aryl methyl sites for hydroxylation is 1. The lowest BCUT2D eigenvalue weighted by molar-refractivity contribution is 0.102. The Morgan fingerprint density at radius 2 is 1.81 bits per heavy atom. The van der Waals surface area contributed by atoms with Gasteiger partial charge in [0.1, 0.15) is 11.6 Å². The second-order valence-electron chi connectivity index (χ2n) is 4.75. The van der Waals surface area contributed by atoms with Crippen molar-refractivity contribution in [3.63, 3.8) is 0 Å². The molecule has 2 aromatic carbocycles. The highest BCUT2D eigenvalue weighted by Crippen LogP contribution is 2.25. The summed E-state index contributed by atoms with van der Waals surface area (Å²) in [6.07, 6.45) is 0. The summed E-state index contributed by atoms with van der Waals surface area (Å²) < 4.78 is 26.8. The van der Waals surface area contributed by atoms with Crippen LogP contribution in [0.15, 0.2) is 42.5 Å². The van der Waals surface area contributed by atoms with Gasteiger partial charge in [-0.2, -0.15) is 0 Å². The van der Waals surface area contributed by atoms with Crippen LogP contribution in [0, 0.1) is 18.6 Å². The average molecular weight is 286 g/mol. The van der Waals surface area contributed by atoms with Crippen LogP contribution >= 0.6 is 0 Å². The molecule has 5 heteroatoms. The minimum Gasteiger partial charge on any atom is -0.358 e. The zero-order valence-corrected chi connectivity index (χ0v) is 11.2. The van der Waals surface area contributed by atoms with Crippen molar-refractivity contribution < 1.29 is 13.6 Å². The average Bonchev–Trinajstić information content (AvgIpc) is 2.79. The van der Waals surface area contributed by atoms with E-state index in [-0.39, 0.29) is 16.8 Å². The minimum atomic E-state index is -0.457. The standard InChI is InChI=1S/C16H12F2N2O/c1-9-14(15-12(18)3-2-4-13(15)19-9)16(21)20-11-7-5-10(17)6-8-11/h2-8,19H,1H3,(H,20,21). The molecule has 0 saturated heterocycles. The van der Waals surface area contributed by atoms with E-state index < -0.39 is 11.7 Å². The molecule has 0 saturated carbocycles. The highest BCUT2D eigenvalue weighted by Gasteiger charge is 2.18. The number of aromatic amines is 1. The summed E-state index contributed by atoms with van der Waals surface area (Å²) in [6, 6.07) is 10.00. The maximum atomic E-state index is 14.0. The second kappa shape index (κ2) is 5.01. The molecule has 0 bridgehead atoms. The van der Waals surface area contributed by atoms with Crippen LogP contribution in [-0.4, -0.2) is 10.9 Å². The van der Waals surface area contributed by atoms with Gasteiger partial charge in [0.25, 0.3) is 5.91 Å². The third-order valence-electron chi connectivity index (χ3n) is 3.29. The van der Waals surface area contributed by atoms with Crippen LogP contribution in [-0.2, 0) is 0 Å². The van der Waals surface area contributed by atoms with Crippen LogP contribution < -0.4 is 5.32 Å². The molecular weight excluding hydrogens is 274 g/mol. The van der Waals surface area contributed by atoms with Crippen LogP contribution in [0.5, 0.6) is 0 Å². The Labute approximate surface area is 119 Å². The molecule has 0 aliphatic rings. The molecule has 0 fully saturated rings. The first-order chi connectivity index (χ1) is 10.1. The second-order valence-corrected chi connectivity index (χ2v) is 4.75. The van der Waals surface area contributed by atoms with E-state index in [2.05, 4.69) is 10.3 Å². The number of hydrogen-bond acceptors (Lipinski definition) is 1. The fourth-order valence-corrected chi connectivity index (χ4v) is 2.35. The van der Waals surface area contributed by atoms with Crippen LogP contribution in [0.1, 0.15) is 16.1 Å². The number of anilines is 1. The first-order valence-electron chi connectivity index (χ1n) is 6.40. The third-order valence-corrected chi connectivity index (χ3v) is 3.29. The van der Waals surface area contributed by atoms with Crippen molar-refractivity contribution in [2.24, 2.45) is 0 Å². The van der Waals surface area contributed by atoms with Gasteiger partial charge in [-0.1, -0.05) is 6.07 Å². The molecule has 0 radical (unpaired) electrons. The van der Waals surface area contributed by atoms with E-state index in [4.69, 9.17) is 0 Å². The number of carbonyl (C=O) groups is 1. The van der Waals surface area contributed by atoms with Gasteiger partial charge in [-0.25, -0.2) is 8.78 Å². The summed E-state index contributed by atoms with van der Waals surface area (Å²) in [5.74, 6) is -1.28. The lowest BCUT2D eigenvalue weighted by atomic mass is 10.1. The predicted molar refractivity (Wildman–Crippen MR) is 77.3 cm³/mol. The van der Waals surface area contributed by atoms with Crippen LogP contribution in [0.3, 0.4) is 0 Å². The maximum absolute atomic E-state index is 14.0. The molecule has 21 heavy (non-hydrogen) atoms. The molecule has 1 amide bonds. The molecule has 106 valence electrons. The van der Waals surface area contributed by atoms with Crippen molar-refractivity contribution in [3.05, 3.63) is 65.4 Å². The highest BCUT2D eigenvalue weighted by molar-refractivity contribution is 6.14. The van der Waals surface area contributed by atoms with Crippen molar-refractivity contribution in [3.8, 4) is 0 Å². The molecule has 1 aromatic heterocycles. The SMILES string of the molecule is Cc1[nH]c2cccc(F)c2c1C(=O)Nc1ccc(F)cc1. The fraction of sp³-hybridized carbons (Fsp3) is 0.0625. The van der Waals surface area contributed by atoms with Crippen molar-refractivity contribution in [1.82, 2.24) is 4.98 Å². The van der Waals surface area contributed by atoms with Crippen molar-refractivity contribution in [1.29, 1.82) is 0 Å². The van der Waals surface area contributed by atoms with Crippen LogP contribution in [0.2, 0.25) is 0 Å². The summed E-state index contributed by atoms with van der Waals surface area (Å²) >= 11 is 0. The molecule has 0 unspecified atom stereocenters. The molecule has 3 rings (SSSR count). The van der Waals surface area contributed by atoms with Crippen molar-refractivity contribution in [2.75, 3.05) is 5.32 Å². The molecule has 1 heterocycles. The zero-order valence-electron chi connectivity index (χ0n) is 11.2. The summed E-state index contributed by atoms with van der Waals surface area (Å²) in [6.45, 7) is 1.71. The maximum Gasteiger partial charge on any atom is 0.258 e. The van der Waals surface area contributed by atoms with E-state index in [0.717, 1.165) is 0 Å². The number of nitrogens with one attached hydrogen (secondary N) is 2. The molecule has 0 aliphatic heterocycles. The largest absolute Gasteiger partial charge is 0.358 e. The number of H-pyrrole nitrogens is 1. The Hall–Kier alpha value is -2.69. The number of amides is 1. The Morgan fingerprint density at radius 3 is 2.52 bits per heavy atom. The van der Waals surface area contributed by atoms with Gasteiger partial charge in [0, 0.05) is 22.3 Å². The number of halogens is 2. The van der Waals surface area contributed by atoms with Gasteiger partial charge in [0.2, 0.25) is 0 Å². The monoisotopic (exact) mass is 286 g/mol. The number of rotatable bonds is 2. The predicted octanol–water partition coefficient (Wildman–Crippen LogP) is 4.01. The van der Waals surface area contributed by atoms with E-state index in [1.165, 1.54) is 30.3 Å². The van der Waals surface area contributed by atoms with E-state index >= 15 is 0 Å². The van der Waals surface area contributed by atoms with Gasteiger partial charge < -0.3 is 10.3 Å². The fourth-order valence-electron chi connectivity index (χ4n) is 2.35. The lowest BCUT2D eigenvalue weighted by Crippen LogP contribution is -2.13. The smallest absolute Gasteiger partial charge is 0.258 e. The minimum absolute atomic E-state index is 0.257. The number of hydrogen-bond donors (Lipinski definition) is 2. The van der Waals surface area contributed by atoms with Crippen molar-refractivity contribution in [2.45, 2.75) is 6.92 Å². The summed E-state index contributed by atoms with van der Waals surface area (Å²) in [5, 5.41) is 2.90. The van der Waals surface area contributed by atoms with Crippen LogP contribution in [0.4, 0.5) is 14.5 Å². The Balaban J connectivity index is 2.02. The normalized spacial score (nSPS) is 10.8. The number of carbonyl (C=O) groups excluding carboxylic acids is 1. The van der Waals surface area contributed by atoms with Gasteiger partial charge in [-0.3, -0.25) is 4.79 Å². The van der Waals surface area contributed by atoms with E-state index in [1.807, 2.05) is 0 Å². The zero-order chi connectivity index (χ0) is 15.0. The molecule has 0 aliphatic carbocycles. The van der Waals surface area contributed by atoms with Gasteiger partial charge >= 0.3 is 0 Å². The molecule has 2 N–H and O–H groups in total. The number of aromatic nitrogens is 1. The molecule has 3 nitrogen and oxygen atoms in total. The van der Waals surface area contributed by atoms with Crippen molar-refractivity contribution >= 4 is 22.5 Å². The third kappa shape index (κ3) is 2.38. The van der Waals surface area contributed by atoms with Crippen LogP contribution in [0.25, 0.3) is 10.9 Å². The summed E-state index contributed by atoms with van der Waals surface area (Å²) in [5.41, 5.74) is 1.85. The Morgan fingerprint density at radius 1 is 1.10 bits per heavy atom. The van der Waals surface area contributed by atoms with Gasteiger partial charge in [-0.15, -0.1) is 0 Å². The Kier molecular flexibility index (Phi) is 3.17. The van der Waals surface area contributed by atoms with E-state index in [9.17, 15) is 13.6 Å². The number of fused-ring (bicyclic) bond motifs is 1. The van der Waals surface area contributed by atoms with Gasteiger partial charge in [0.05, 0.1) is 5.56 Å². The molecule has 0 atom stereocenters. The van der Waals surface area contributed by atoms with E-state index in [0.29, 0.717) is 16.9 Å². The van der Waals surface area contributed by atoms with E-state index in [1.54, 1.807) is 19.1 Å². The number of benzene rings is 2. The highest BCUT2D eigenvalue weighted by atomic mass is 19.1. The summed E-state index contributed by atoms with van der Waals surface area (Å²) in [4.78, 5) is 15.3. The summed E-state index contributed by atoms with van der Waals surface area (Å²) in [7, 11) is 0. The molecule has 0 spiro atoms. The van der Waals surface area contributed by atoms with Gasteiger partial charge in [0.15, 0.2) is 0 Å². The first kappa shape index (κ1) is 13.3. The Bertz CT molecular complexity index is 822. The lowest BCUT2D eigenvalue weighted by Gasteiger charge is -2.05. The first-order valence-corrected chi connectivity index (χ1v) is 6.40. The quantitative estimate of drug-likeness (QED) is 0.734. The molecule has 3 aromatic rings. The molecular formula is C16H12F2N2O. The topological polar surface area (TPSA) is 44.9 Å². The van der Waals surface area contributed by atoms with Gasteiger partial charge in [-0.05, 0) is 43.3 Å².